The number of amides is 2. The van der Waals surface area contributed by atoms with E-state index in [2.05, 4.69) is 50.6 Å². The lowest BCUT2D eigenvalue weighted by Gasteiger charge is -2.15. The van der Waals surface area contributed by atoms with E-state index < -0.39 is 75.0 Å². The van der Waals surface area contributed by atoms with Crippen molar-refractivity contribution in [3.63, 3.8) is 0 Å². The van der Waals surface area contributed by atoms with Gasteiger partial charge in [-0.05, 0) is 74.2 Å². The van der Waals surface area contributed by atoms with Gasteiger partial charge in [-0.3, -0.25) is 39.2 Å². The molecule has 0 atom stereocenters. The predicted molar refractivity (Wildman–Crippen MR) is 249 cm³/mol. The lowest BCUT2D eigenvalue weighted by atomic mass is 10.2. The molecular formula is C40H32Cl4F6N14O6S2. The van der Waals surface area contributed by atoms with Gasteiger partial charge in [-0.25, -0.2) is 32.6 Å². The number of aromatic amines is 2. The zero-order valence-electron chi connectivity index (χ0n) is 35.8. The Bertz CT molecular complexity index is 3360. The summed E-state index contributed by atoms with van der Waals surface area (Å²) >= 11 is 22.9. The number of rotatable bonds is 12. The van der Waals surface area contributed by atoms with Gasteiger partial charge < -0.3 is 5.32 Å². The zero-order chi connectivity index (χ0) is 52.3. The number of nitrogens with zero attached hydrogens (tertiary/aromatic N) is 7. The molecule has 8 N–H and O–H groups in total. The molecule has 2 saturated carbocycles. The Hall–Kier alpha value is -6.56. The van der Waals surface area contributed by atoms with Crippen molar-refractivity contribution in [2.24, 2.45) is 11.8 Å². The summed E-state index contributed by atoms with van der Waals surface area (Å²) in [5, 5.41) is 23.1. The van der Waals surface area contributed by atoms with Gasteiger partial charge in [0.15, 0.2) is 11.5 Å². The summed E-state index contributed by atoms with van der Waals surface area (Å²) in [5.74, 6) is 6.61. The van der Waals surface area contributed by atoms with Crippen molar-refractivity contribution < 1.29 is 52.8 Å². The van der Waals surface area contributed by atoms with Crippen LogP contribution in [0.1, 0.15) is 59.0 Å². The average Bonchev–Trinajstić information content (AvgIpc) is 4.17. The van der Waals surface area contributed by atoms with E-state index in [0.717, 1.165) is 62.2 Å². The molecule has 0 saturated heterocycles. The first-order valence-corrected chi connectivity index (χ1v) is 24.7. The number of H-pyrrole nitrogens is 2. The summed E-state index contributed by atoms with van der Waals surface area (Å²) in [6.07, 6.45) is -0.308. The minimum absolute atomic E-state index is 0.0247. The number of aromatic nitrogens is 9. The van der Waals surface area contributed by atoms with Gasteiger partial charge in [-0.15, -0.1) is 10.2 Å². The lowest BCUT2D eigenvalue weighted by Crippen LogP contribution is -2.31. The third-order valence-corrected chi connectivity index (χ3v) is 13.7. The predicted octanol–water partition coefficient (Wildman–Crippen LogP) is 8.63. The minimum Gasteiger partial charge on any atom is -0.311 e. The number of carbonyl (C=O) groups excluding carboxylic acids is 2. The first-order valence-electron chi connectivity index (χ1n) is 20.2. The molecule has 2 aromatic carbocycles. The molecule has 0 spiro atoms. The maximum Gasteiger partial charge on any atom is 0.417 e. The molecule has 0 unspecified atom stereocenters. The quantitative estimate of drug-likeness (QED) is 0.0261. The van der Waals surface area contributed by atoms with E-state index in [1.54, 1.807) is 28.3 Å². The van der Waals surface area contributed by atoms with E-state index in [-0.39, 0.29) is 50.7 Å². The highest BCUT2D eigenvalue weighted by atomic mass is 35.5. The lowest BCUT2D eigenvalue weighted by molar-refractivity contribution is -0.138. The van der Waals surface area contributed by atoms with E-state index in [4.69, 9.17) is 52.2 Å². The molecule has 20 nitrogen and oxygen atoms in total. The van der Waals surface area contributed by atoms with Gasteiger partial charge in [0.2, 0.25) is 5.91 Å². The molecular weight excluding hydrogens is 1090 g/mol. The number of hydrogen-bond donors (Lipinski definition) is 7. The SMILES string of the molecule is NNC(=O)c1ncc(Cl)cc1NS(=O)(=O)c1ccc(Cl)c(C(F)(F)F)c1.O=C(Nc1ccn[nH]1)C1CC1.O=S(=O)(Nc1cc(Cl)cnc1-c1nnc(C2CC2)n1-c1ccn[nH]1)c1ccc(Cl)c(C(F)(F)F)c1. The number of nitrogen functional groups attached to an aromatic ring is 1. The van der Waals surface area contributed by atoms with Gasteiger partial charge in [0.25, 0.3) is 26.0 Å². The summed E-state index contributed by atoms with van der Waals surface area (Å²) in [6, 6.07) is 10.1. The summed E-state index contributed by atoms with van der Waals surface area (Å²) in [6.45, 7) is 0. The van der Waals surface area contributed by atoms with Gasteiger partial charge >= 0.3 is 12.4 Å². The molecule has 0 radical (unpaired) electrons. The van der Waals surface area contributed by atoms with Crippen molar-refractivity contribution in [2.45, 2.75) is 53.7 Å². The van der Waals surface area contributed by atoms with Crippen molar-refractivity contribution in [3.05, 3.63) is 128 Å². The molecule has 72 heavy (non-hydrogen) atoms. The number of anilines is 3. The Labute approximate surface area is 422 Å². The van der Waals surface area contributed by atoms with Crippen LogP contribution in [0.15, 0.2) is 95.2 Å². The van der Waals surface area contributed by atoms with E-state index in [1.165, 1.54) is 18.5 Å². The maximum atomic E-state index is 13.3. The number of nitrogens with one attached hydrogen (secondary N) is 6. The van der Waals surface area contributed by atoms with Crippen LogP contribution in [-0.2, 0) is 37.2 Å². The number of halogens is 10. The van der Waals surface area contributed by atoms with Crippen LogP contribution < -0.4 is 26.0 Å². The largest absolute Gasteiger partial charge is 0.417 e. The summed E-state index contributed by atoms with van der Waals surface area (Å²) in [4.78, 5) is 29.3. The second-order valence-electron chi connectivity index (χ2n) is 15.2. The van der Waals surface area contributed by atoms with Gasteiger partial charge in [0.1, 0.15) is 23.2 Å². The number of sulfonamides is 2. The second-order valence-corrected chi connectivity index (χ2v) is 20.3. The number of pyridine rings is 2. The Balaban J connectivity index is 0.000000179. The molecule has 2 fully saturated rings. The van der Waals surface area contributed by atoms with Crippen LogP contribution in [0.5, 0.6) is 0 Å². The molecule has 32 heteroatoms. The Morgan fingerprint density at radius 3 is 1.74 bits per heavy atom. The van der Waals surface area contributed by atoms with Crippen molar-refractivity contribution in [1.82, 2.24) is 50.6 Å². The first-order chi connectivity index (χ1) is 33.9. The smallest absolute Gasteiger partial charge is 0.311 e. The van der Waals surface area contributed by atoms with Gasteiger partial charge in [-0.2, -0.15) is 36.5 Å². The molecule has 0 bridgehead atoms. The molecule has 5 aromatic heterocycles. The van der Waals surface area contributed by atoms with Crippen LogP contribution in [0.4, 0.5) is 43.5 Å². The fourth-order valence-corrected chi connectivity index (χ4v) is 9.15. The summed E-state index contributed by atoms with van der Waals surface area (Å²) < 4.78 is 135. The van der Waals surface area contributed by atoms with Crippen molar-refractivity contribution in [2.75, 3.05) is 14.8 Å². The number of benzene rings is 2. The van der Waals surface area contributed by atoms with Crippen LogP contribution in [-0.4, -0.2) is 73.8 Å². The zero-order valence-corrected chi connectivity index (χ0v) is 40.5. The maximum absolute atomic E-state index is 13.3. The Morgan fingerprint density at radius 2 is 1.24 bits per heavy atom. The highest BCUT2D eigenvalue weighted by Crippen LogP contribution is 2.42. The topological polar surface area (TPSA) is 290 Å². The minimum atomic E-state index is -4.86. The number of carbonyl (C=O) groups is 2. The monoisotopic (exact) mass is 1120 g/mol. The fraction of sp³-hybridized carbons (Fsp3) is 0.200. The van der Waals surface area contributed by atoms with Gasteiger partial charge in [0.05, 0.1) is 64.8 Å². The highest BCUT2D eigenvalue weighted by molar-refractivity contribution is 7.93. The molecule has 380 valence electrons. The van der Waals surface area contributed by atoms with Gasteiger partial charge in [0, 0.05) is 36.4 Å². The Morgan fingerprint density at radius 1 is 0.694 bits per heavy atom. The number of nitrogens with two attached hydrogens (primary N) is 1. The molecule has 9 rings (SSSR count). The van der Waals surface area contributed by atoms with Crippen molar-refractivity contribution in [3.8, 4) is 17.3 Å². The summed E-state index contributed by atoms with van der Waals surface area (Å²) in [7, 11) is -9.03. The number of alkyl halides is 6. The van der Waals surface area contributed by atoms with Gasteiger partial charge in [-0.1, -0.05) is 46.4 Å². The Kier molecular flexibility index (Phi) is 15.7. The van der Waals surface area contributed by atoms with Crippen LogP contribution in [0, 0.1) is 5.92 Å². The van der Waals surface area contributed by atoms with Crippen molar-refractivity contribution in [1.29, 1.82) is 0 Å². The molecule has 5 heterocycles. The number of hydrazine groups is 1. The first kappa shape index (κ1) is 53.2. The molecule has 2 amide bonds. The molecule has 2 aliphatic rings. The molecule has 2 aliphatic carbocycles. The van der Waals surface area contributed by atoms with E-state index in [1.807, 2.05) is 4.72 Å². The average molecular weight is 1120 g/mol. The fourth-order valence-electron chi connectivity index (χ4n) is 6.22. The third-order valence-electron chi connectivity index (χ3n) is 9.93. The number of hydrogen-bond acceptors (Lipinski definition) is 13. The van der Waals surface area contributed by atoms with E-state index in [9.17, 15) is 52.8 Å². The van der Waals surface area contributed by atoms with Crippen LogP contribution in [0.25, 0.3) is 17.3 Å². The van der Waals surface area contributed by atoms with E-state index in [0.29, 0.717) is 29.6 Å². The van der Waals surface area contributed by atoms with Crippen LogP contribution in [0.2, 0.25) is 20.1 Å². The normalized spacial score (nSPS) is 13.8. The molecule has 0 aliphatic heterocycles. The summed E-state index contributed by atoms with van der Waals surface area (Å²) in [5.41, 5.74) is -1.68. The van der Waals surface area contributed by atoms with Crippen LogP contribution in [0.3, 0.4) is 0 Å². The van der Waals surface area contributed by atoms with Crippen molar-refractivity contribution >= 4 is 95.5 Å². The molecule has 7 aromatic rings. The second kappa shape index (κ2) is 21.3. The standard InChI is InChI=1S/C20H14Cl2F3N7O2S.C13H9Cl2F3N4O3S.C7H9N3O/c21-11-7-15(31-35(33,34)12-3-4-14(22)13(8-12)20(23,24)25)17(26-9-11)19-30-29-18(10-1-2-10)32(19)16-5-6-27-28-16;14-6-3-10(11(20-5-6)12(23)21-19)22-26(24,25)7-1-2-9(15)8(4-7)13(16,17)18;11-7(5-1-2-5)9-6-3-4-8-10-6/h3-10,31H,1-2H2,(H,27,28);1-5,22H,19H2,(H,21,23);3-5H,1-2H2,(H2,8,9,10,11). The van der Waals surface area contributed by atoms with Crippen LogP contribution >= 0.6 is 46.4 Å². The third kappa shape index (κ3) is 12.9. The van der Waals surface area contributed by atoms with E-state index >= 15 is 0 Å². The highest BCUT2D eigenvalue weighted by Gasteiger charge is 2.37.